The molecule has 5 heteroatoms. The molecule has 0 radical (unpaired) electrons. The number of aryl methyl sites for hydroxylation is 2. The van der Waals surface area contributed by atoms with E-state index < -0.39 is 0 Å². The zero-order valence-corrected chi connectivity index (χ0v) is 12.1. The first-order valence-corrected chi connectivity index (χ1v) is 6.83. The van der Waals surface area contributed by atoms with Gasteiger partial charge in [-0.3, -0.25) is 4.98 Å². The quantitative estimate of drug-likeness (QED) is 0.799. The highest BCUT2D eigenvalue weighted by molar-refractivity contribution is 5.64. The molecule has 1 aromatic carbocycles. The highest BCUT2D eigenvalue weighted by atomic mass is 15.4. The third-order valence-corrected chi connectivity index (χ3v) is 3.45. The molecule has 5 nitrogen and oxygen atoms in total. The predicted octanol–water partition coefficient (Wildman–Crippen LogP) is 2.40. The van der Waals surface area contributed by atoms with Crippen LogP contribution in [0.5, 0.6) is 0 Å². The Hall–Kier alpha value is -2.53. The second-order valence-electron chi connectivity index (χ2n) is 5.03. The normalized spacial score (nSPS) is 10.8. The molecular weight excluding hydrogens is 262 g/mol. The summed E-state index contributed by atoms with van der Waals surface area (Å²) in [6.07, 6.45) is 3.55. The van der Waals surface area contributed by atoms with E-state index in [4.69, 9.17) is 5.73 Å². The molecule has 0 saturated heterocycles. The van der Waals surface area contributed by atoms with E-state index in [9.17, 15) is 0 Å². The molecule has 2 N–H and O–H groups in total. The molecular formula is C16H17N5. The van der Waals surface area contributed by atoms with Crippen molar-refractivity contribution in [1.82, 2.24) is 20.0 Å². The van der Waals surface area contributed by atoms with Crippen molar-refractivity contribution in [3.63, 3.8) is 0 Å². The van der Waals surface area contributed by atoms with Gasteiger partial charge < -0.3 is 5.73 Å². The van der Waals surface area contributed by atoms with Gasteiger partial charge in [-0.25, -0.2) is 4.68 Å². The minimum atomic E-state index is 0.342. The number of pyridine rings is 1. The van der Waals surface area contributed by atoms with E-state index in [-0.39, 0.29) is 0 Å². The van der Waals surface area contributed by atoms with Crippen molar-refractivity contribution in [2.45, 2.75) is 20.4 Å². The summed E-state index contributed by atoms with van der Waals surface area (Å²) in [5.41, 5.74) is 11.8. The largest absolute Gasteiger partial charge is 0.325 e. The van der Waals surface area contributed by atoms with Crippen molar-refractivity contribution < 1.29 is 0 Å². The van der Waals surface area contributed by atoms with Crippen LogP contribution in [-0.4, -0.2) is 20.0 Å². The lowest BCUT2D eigenvalue weighted by Gasteiger charge is -2.10. The maximum absolute atomic E-state index is 5.81. The van der Waals surface area contributed by atoms with Crippen LogP contribution < -0.4 is 5.73 Å². The standard InChI is InChI=1S/C16H17N5/c1-11-5-6-15(12(2)8-11)21-16(14(9-17)19-20-21)13-4-3-7-18-10-13/h3-8,10H,9,17H2,1-2H3. The number of hydrogen-bond acceptors (Lipinski definition) is 4. The predicted molar refractivity (Wildman–Crippen MR) is 82.0 cm³/mol. The molecule has 0 spiro atoms. The maximum atomic E-state index is 5.81. The average molecular weight is 279 g/mol. The van der Waals surface area contributed by atoms with Crippen LogP contribution in [0, 0.1) is 13.8 Å². The second-order valence-corrected chi connectivity index (χ2v) is 5.03. The van der Waals surface area contributed by atoms with Crippen LogP contribution >= 0.6 is 0 Å². The van der Waals surface area contributed by atoms with Crippen LogP contribution in [0.2, 0.25) is 0 Å². The van der Waals surface area contributed by atoms with Gasteiger partial charge in [0.05, 0.1) is 5.69 Å². The van der Waals surface area contributed by atoms with Crippen LogP contribution in [0.4, 0.5) is 0 Å². The summed E-state index contributed by atoms with van der Waals surface area (Å²) >= 11 is 0. The van der Waals surface area contributed by atoms with Crippen molar-refractivity contribution in [2.75, 3.05) is 0 Å². The van der Waals surface area contributed by atoms with Crippen LogP contribution in [0.15, 0.2) is 42.7 Å². The first kappa shape index (κ1) is 13.5. The molecule has 0 aliphatic carbocycles. The third kappa shape index (κ3) is 2.43. The average Bonchev–Trinajstić information content (AvgIpc) is 2.92. The Kier molecular flexibility index (Phi) is 3.50. The van der Waals surface area contributed by atoms with Gasteiger partial charge in [-0.1, -0.05) is 22.9 Å². The SMILES string of the molecule is Cc1ccc(-n2nnc(CN)c2-c2cccnc2)c(C)c1. The molecule has 0 saturated carbocycles. The van der Waals surface area contributed by atoms with Crippen molar-refractivity contribution in [3.8, 4) is 16.9 Å². The number of aromatic nitrogens is 4. The first-order chi connectivity index (χ1) is 10.2. The van der Waals surface area contributed by atoms with Crippen LogP contribution in [-0.2, 0) is 6.54 Å². The zero-order valence-electron chi connectivity index (χ0n) is 12.1. The lowest BCUT2D eigenvalue weighted by Crippen LogP contribution is -2.04. The van der Waals surface area contributed by atoms with Crippen LogP contribution in [0.3, 0.4) is 0 Å². The molecule has 0 aliphatic heterocycles. The lowest BCUT2D eigenvalue weighted by molar-refractivity contribution is 0.795. The van der Waals surface area contributed by atoms with Gasteiger partial charge in [0.25, 0.3) is 0 Å². The summed E-state index contributed by atoms with van der Waals surface area (Å²) in [5, 5.41) is 8.49. The number of benzene rings is 1. The monoisotopic (exact) mass is 279 g/mol. The Labute approximate surface area is 123 Å². The van der Waals surface area contributed by atoms with Crippen molar-refractivity contribution >= 4 is 0 Å². The highest BCUT2D eigenvalue weighted by Crippen LogP contribution is 2.26. The fraction of sp³-hybridized carbons (Fsp3) is 0.188. The van der Waals surface area contributed by atoms with Gasteiger partial charge in [-0.05, 0) is 37.6 Å². The summed E-state index contributed by atoms with van der Waals surface area (Å²) in [5.74, 6) is 0. The van der Waals surface area contributed by atoms with Gasteiger partial charge in [0.15, 0.2) is 0 Å². The van der Waals surface area contributed by atoms with Gasteiger partial charge in [0.1, 0.15) is 11.4 Å². The Balaban J connectivity index is 2.22. The number of rotatable bonds is 3. The summed E-state index contributed by atoms with van der Waals surface area (Å²) in [6.45, 7) is 4.49. The Morgan fingerprint density at radius 1 is 1.19 bits per heavy atom. The summed E-state index contributed by atoms with van der Waals surface area (Å²) in [4.78, 5) is 4.18. The van der Waals surface area contributed by atoms with E-state index in [1.807, 2.05) is 16.8 Å². The molecule has 106 valence electrons. The molecule has 0 aliphatic rings. The fourth-order valence-electron chi connectivity index (χ4n) is 2.45. The summed E-state index contributed by atoms with van der Waals surface area (Å²) in [6, 6.07) is 10.1. The van der Waals surface area contributed by atoms with E-state index in [2.05, 4.69) is 47.3 Å². The van der Waals surface area contributed by atoms with E-state index in [1.165, 1.54) is 5.56 Å². The molecule has 0 unspecified atom stereocenters. The minimum absolute atomic E-state index is 0.342. The number of nitrogens with zero attached hydrogens (tertiary/aromatic N) is 4. The second kappa shape index (κ2) is 5.46. The molecule has 0 amide bonds. The fourth-order valence-corrected chi connectivity index (χ4v) is 2.45. The smallest absolute Gasteiger partial charge is 0.105 e. The van der Waals surface area contributed by atoms with E-state index in [0.717, 1.165) is 28.2 Å². The molecule has 3 rings (SSSR count). The lowest BCUT2D eigenvalue weighted by atomic mass is 10.1. The van der Waals surface area contributed by atoms with Gasteiger partial charge >= 0.3 is 0 Å². The Morgan fingerprint density at radius 2 is 2.05 bits per heavy atom. The van der Waals surface area contributed by atoms with E-state index >= 15 is 0 Å². The van der Waals surface area contributed by atoms with Gasteiger partial charge in [0, 0.05) is 24.5 Å². The third-order valence-electron chi connectivity index (χ3n) is 3.45. The molecule has 0 bridgehead atoms. The van der Waals surface area contributed by atoms with E-state index in [1.54, 1.807) is 12.4 Å². The van der Waals surface area contributed by atoms with Crippen LogP contribution in [0.25, 0.3) is 16.9 Å². The van der Waals surface area contributed by atoms with Gasteiger partial charge in [-0.15, -0.1) is 5.10 Å². The Bertz CT molecular complexity index is 762. The van der Waals surface area contributed by atoms with Crippen molar-refractivity contribution in [3.05, 3.63) is 59.5 Å². The number of nitrogens with two attached hydrogens (primary N) is 1. The first-order valence-electron chi connectivity index (χ1n) is 6.83. The summed E-state index contributed by atoms with van der Waals surface area (Å²) in [7, 11) is 0. The highest BCUT2D eigenvalue weighted by Gasteiger charge is 2.16. The van der Waals surface area contributed by atoms with Crippen molar-refractivity contribution in [1.29, 1.82) is 0 Å². The molecule has 0 fully saturated rings. The maximum Gasteiger partial charge on any atom is 0.105 e. The summed E-state index contributed by atoms with van der Waals surface area (Å²) < 4.78 is 1.84. The topological polar surface area (TPSA) is 69.6 Å². The zero-order chi connectivity index (χ0) is 14.8. The van der Waals surface area contributed by atoms with E-state index in [0.29, 0.717) is 6.54 Å². The minimum Gasteiger partial charge on any atom is -0.325 e. The van der Waals surface area contributed by atoms with Crippen LogP contribution in [0.1, 0.15) is 16.8 Å². The molecule has 3 aromatic rings. The molecule has 2 aromatic heterocycles. The molecule has 21 heavy (non-hydrogen) atoms. The molecule has 2 heterocycles. The Morgan fingerprint density at radius 3 is 2.71 bits per heavy atom. The van der Waals surface area contributed by atoms with Gasteiger partial charge in [0.2, 0.25) is 0 Å². The van der Waals surface area contributed by atoms with Crippen molar-refractivity contribution in [2.24, 2.45) is 5.73 Å². The number of hydrogen-bond donors (Lipinski definition) is 1. The van der Waals surface area contributed by atoms with Gasteiger partial charge in [-0.2, -0.15) is 0 Å². The molecule has 0 atom stereocenters.